The Morgan fingerprint density at radius 2 is 1.61 bits per heavy atom. The fraction of sp³-hybridized carbons (Fsp3) is 0.182. The van der Waals surface area contributed by atoms with Gasteiger partial charge in [0, 0.05) is 52.9 Å². The summed E-state index contributed by atoms with van der Waals surface area (Å²) in [6.07, 6.45) is 3.68. The Morgan fingerprint density at radius 3 is 2.43 bits per heavy atom. The third-order valence-corrected chi connectivity index (χ3v) is 6.14. The zero-order chi connectivity index (χ0) is 18.9. The van der Waals surface area contributed by atoms with E-state index < -0.39 is 0 Å². The van der Waals surface area contributed by atoms with Crippen LogP contribution in [-0.4, -0.2) is 36.1 Å². The number of anilines is 2. The predicted octanol–water partition coefficient (Wildman–Crippen LogP) is 4.82. The molecule has 0 radical (unpaired) electrons. The molecular formula is C22H19FN4S. The van der Waals surface area contributed by atoms with Gasteiger partial charge in [0.2, 0.25) is 0 Å². The number of aromatic nitrogens is 2. The van der Waals surface area contributed by atoms with E-state index in [9.17, 15) is 4.39 Å². The second-order valence-electron chi connectivity index (χ2n) is 6.86. The number of fused-ring (bicyclic) bond motifs is 1. The van der Waals surface area contributed by atoms with Crippen LogP contribution in [0.4, 0.5) is 15.9 Å². The predicted molar refractivity (Wildman–Crippen MR) is 114 cm³/mol. The highest BCUT2D eigenvalue weighted by Gasteiger charge is 2.19. The Morgan fingerprint density at radius 1 is 0.857 bits per heavy atom. The van der Waals surface area contributed by atoms with Gasteiger partial charge in [-0.2, -0.15) is 0 Å². The van der Waals surface area contributed by atoms with E-state index in [4.69, 9.17) is 4.98 Å². The van der Waals surface area contributed by atoms with Crippen LogP contribution in [0.15, 0.2) is 66.3 Å². The lowest BCUT2D eigenvalue weighted by atomic mass is 10.1. The maximum Gasteiger partial charge on any atom is 0.147 e. The third kappa shape index (κ3) is 3.20. The lowest BCUT2D eigenvalue weighted by Gasteiger charge is -2.36. The monoisotopic (exact) mass is 390 g/mol. The Kier molecular flexibility index (Phi) is 4.41. The average molecular weight is 390 g/mol. The van der Waals surface area contributed by atoms with E-state index in [1.807, 2.05) is 24.5 Å². The molecule has 0 atom stereocenters. The zero-order valence-corrected chi connectivity index (χ0v) is 16.1. The van der Waals surface area contributed by atoms with Crippen LogP contribution >= 0.6 is 11.3 Å². The van der Waals surface area contributed by atoms with E-state index in [0.29, 0.717) is 0 Å². The Balaban J connectivity index is 1.35. The van der Waals surface area contributed by atoms with Crippen LogP contribution in [0.1, 0.15) is 0 Å². The molecule has 4 nitrogen and oxygen atoms in total. The minimum atomic E-state index is -0.199. The summed E-state index contributed by atoms with van der Waals surface area (Å²) >= 11 is 1.73. The number of nitrogens with zero attached hydrogens (tertiary/aromatic N) is 4. The number of rotatable bonds is 3. The summed E-state index contributed by atoms with van der Waals surface area (Å²) in [5.74, 6) is 0.710. The molecule has 0 spiro atoms. The first-order valence-corrected chi connectivity index (χ1v) is 10.2. The van der Waals surface area contributed by atoms with Gasteiger partial charge in [0.1, 0.15) is 11.6 Å². The van der Waals surface area contributed by atoms with E-state index in [1.54, 1.807) is 11.3 Å². The van der Waals surface area contributed by atoms with Crippen LogP contribution in [0.5, 0.6) is 0 Å². The molecule has 5 rings (SSSR count). The standard InChI is InChI=1S/C22H19FN4S/c23-16-5-7-17(8-6-16)26-9-11-27(12-10-26)22-14-24-13-20(25-22)19-15-28-21-4-2-1-3-18(19)21/h1-8,13-15H,9-12H2. The molecule has 6 heteroatoms. The number of piperazine rings is 1. The zero-order valence-electron chi connectivity index (χ0n) is 15.3. The highest BCUT2D eigenvalue weighted by Crippen LogP contribution is 2.33. The Hall–Kier alpha value is -2.99. The third-order valence-electron chi connectivity index (χ3n) is 5.17. The number of thiophene rings is 1. The van der Waals surface area contributed by atoms with E-state index >= 15 is 0 Å². The number of hydrogen-bond donors (Lipinski definition) is 0. The molecule has 3 heterocycles. The van der Waals surface area contributed by atoms with Gasteiger partial charge in [0.25, 0.3) is 0 Å². The molecule has 4 aromatic rings. The Labute approximate surface area is 166 Å². The van der Waals surface area contributed by atoms with Gasteiger partial charge < -0.3 is 9.80 Å². The second-order valence-corrected chi connectivity index (χ2v) is 7.77. The van der Waals surface area contributed by atoms with Crippen molar-refractivity contribution >= 4 is 32.9 Å². The molecule has 2 aromatic heterocycles. The van der Waals surface area contributed by atoms with Gasteiger partial charge >= 0.3 is 0 Å². The van der Waals surface area contributed by atoms with Crippen molar-refractivity contribution in [1.29, 1.82) is 0 Å². The summed E-state index contributed by atoms with van der Waals surface area (Å²) < 4.78 is 14.4. The summed E-state index contributed by atoms with van der Waals surface area (Å²) in [7, 11) is 0. The first-order chi connectivity index (χ1) is 13.8. The molecule has 0 bridgehead atoms. The van der Waals surface area contributed by atoms with Gasteiger partial charge in [0.05, 0.1) is 18.1 Å². The van der Waals surface area contributed by atoms with Crippen molar-refractivity contribution in [2.75, 3.05) is 36.0 Å². The van der Waals surface area contributed by atoms with E-state index in [2.05, 4.69) is 44.4 Å². The van der Waals surface area contributed by atoms with Crippen LogP contribution in [0.2, 0.25) is 0 Å². The number of benzene rings is 2. The van der Waals surface area contributed by atoms with E-state index in [0.717, 1.165) is 48.9 Å². The molecule has 140 valence electrons. The molecule has 0 amide bonds. The number of hydrogen-bond acceptors (Lipinski definition) is 5. The summed E-state index contributed by atoms with van der Waals surface area (Å²) in [6, 6.07) is 15.1. The normalized spacial score (nSPS) is 14.6. The molecule has 0 aliphatic carbocycles. The van der Waals surface area contributed by atoms with Crippen molar-refractivity contribution in [3.63, 3.8) is 0 Å². The maximum absolute atomic E-state index is 13.1. The largest absolute Gasteiger partial charge is 0.368 e. The fourth-order valence-corrected chi connectivity index (χ4v) is 4.61. The van der Waals surface area contributed by atoms with Gasteiger partial charge in [-0.1, -0.05) is 18.2 Å². The molecule has 0 N–H and O–H groups in total. The Bertz CT molecular complexity index is 1100. The first kappa shape index (κ1) is 17.1. The molecule has 0 unspecified atom stereocenters. The average Bonchev–Trinajstić information content (AvgIpc) is 3.19. The van der Waals surface area contributed by atoms with Crippen molar-refractivity contribution in [1.82, 2.24) is 9.97 Å². The summed E-state index contributed by atoms with van der Waals surface area (Å²) in [5, 5.41) is 3.38. The van der Waals surface area contributed by atoms with Gasteiger partial charge in [0.15, 0.2) is 0 Å². The van der Waals surface area contributed by atoms with Crippen molar-refractivity contribution in [2.24, 2.45) is 0 Å². The maximum atomic E-state index is 13.1. The second kappa shape index (κ2) is 7.20. The summed E-state index contributed by atoms with van der Waals surface area (Å²) in [5.41, 5.74) is 3.11. The molecule has 28 heavy (non-hydrogen) atoms. The van der Waals surface area contributed by atoms with E-state index in [-0.39, 0.29) is 5.82 Å². The molecule has 1 saturated heterocycles. The quantitative estimate of drug-likeness (QED) is 0.502. The molecular weight excluding hydrogens is 371 g/mol. The first-order valence-electron chi connectivity index (χ1n) is 9.32. The van der Waals surface area contributed by atoms with Crippen molar-refractivity contribution in [2.45, 2.75) is 0 Å². The summed E-state index contributed by atoms with van der Waals surface area (Å²) in [4.78, 5) is 13.9. The topological polar surface area (TPSA) is 32.3 Å². The van der Waals surface area contributed by atoms with Crippen molar-refractivity contribution in [3.05, 3.63) is 72.1 Å². The summed E-state index contributed by atoms with van der Waals surface area (Å²) in [6.45, 7) is 3.47. The van der Waals surface area contributed by atoms with Crippen LogP contribution in [0.25, 0.3) is 21.3 Å². The molecule has 0 saturated carbocycles. The SMILES string of the molecule is Fc1ccc(N2CCN(c3cncc(-c4csc5ccccc45)n3)CC2)cc1. The molecule has 1 aliphatic rings. The molecule has 1 aliphatic heterocycles. The van der Waals surface area contributed by atoms with Crippen LogP contribution in [0, 0.1) is 5.82 Å². The van der Waals surface area contributed by atoms with Gasteiger partial charge in [-0.25, -0.2) is 9.37 Å². The van der Waals surface area contributed by atoms with Crippen LogP contribution in [-0.2, 0) is 0 Å². The lowest BCUT2D eigenvalue weighted by Crippen LogP contribution is -2.46. The molecule has 1 fully saturated rings. The van der Waals surface area contributed by atoms with Gasteiger partial charge in [-0.15, -0.1) is 11.3 Å². The highest BCUT2D eigenvalue weighted by molar-refractivity contribution is 7.17. The molecule has 2 aromatic carbocycles. The fourth-order valence-electron chi connectivity index (χ4n) is 3.66. The van der Waals surface area contributed by atoms with Gasteiger partial charge in [-0.05, 0) is 30.3 Å². The van der Waals surface area contributed by atoms with E-state index in [1.165, 1.54) is 22.2 Å². The minimum absolute atomic E-state index is 0.199. The smallest absolute Gasteiger partial charge is 0.147 e. The van der Waals surface area contributed by atoms with Crippen LogP contribution in [0.3, 0.4) is 0 Å². The highest BCUT2D eigenvalue weighted by atomic mass is 32.1. The lowest BCUT2D eigenvalue weighted by molar-refractivity contribution is 0.624. The number of halogens is 1. The van der Waals surface area contributed by atoms with Gasteiger partial charge in [-0.3, -0.25) is 4.98 Å². The van der Waals surface area contributed by atoms with Crippen LogP contribution < -0.4 is 9.80 Å². The van der Waals surface area contributed by atoms with Crippen molar-refractivity contribution < 1.29 is 4.39 Å². The minimum Gasteiger partial charge on any atom is -0.368 e. The van der Waals surface area contributed by atoms with Crippen molar-refractivity contribution in [3.8, 4) is 11.3 Å².